The summed E-state index contributed by atoms with van der Waals surface area (Å²) in [7, 11) is 0. The molecular weight excluding hydrogens is 558 g/mol. The van der Waals surface area contributed by atoms with E-state index in [1.807, 2.05) is 30.5 Å². The zero-order valence-electron chi connectivity index (χ0n) is 25.2. The number of nitrogens with one attached hydrogen (secondary N) is 2. The summed E-state index contributed by atoms with van der Waals surface area (Å²) < 4.78 is 2.12. The van der Waals surface area contributed by atoms with Crippen molar-refractivity contribution in [1.29, 1.82) is 0 Å². The standard InChI is InChI=1S/C32H41N9O3/c42-30-14-18-40(32(44)35-30)27-7-4-8-28-25(27)19-33-41(28)24-12-15-38(16-13-24)20-22-11-17-39(21-22)29-10-9-26(36-37-29)31(43)34-23-5-2-1-3-6-23/h4,7-10,19,22-24H,1-3,5-6,11-18,20-21H2,(H,34,43)(H,35,42,44). The van der Waals surface area contributed by atoms with Crippen LogP contribution in [0.15, 0.2) is 36.5 Å². The molecule has 0 bridgehead atoms. The summed E-state index contributed by atoms with van der Waals surface area (Å²) in [6.45, 7) is 5.37. The Hall–Kier alpha value is -4.06. The van der Waals surface area contributed by atoms with Crippen molar-refractivity contribution in [1.82, 2.24) is 35.5 Å². The van der Waals surface area contributed by atoms with Crippen molar-refractivity contribution in [2.24, 2.45) is 5.92 Å². The Balaban J connectivity index is 0.909. The van der Waals surface area contributed by atoms with Crippen molar-refractivity contribution in [3.05, 3.63) is 42.2 Å². The quantitative estimate of drug-likeness (QED) is 0.422. The molecule has 0 radical (unpaired) electrons. The van der Waals surface area contributed by atoms with Crippen LogP contribution < -0.4 is 20.4 Å². The number of carbonyl (C=O) groups is 3. The van der Waals surface area contributed by atoms with E-state index in [2.05, 4.69) is 41.4 Å². The smallest absolute Gasteiger partial charge is 0.328 e. The summed E-state index contributed by atoms with van der Waals surface area (Å²) >= 11 is 0. The van der Waals surface area contributed by atoms with Gasteiger partial charge in [0.05, 0.1) is 23.4 Å². The van der Waals surface area contributed by atoms with Crippen molar-refractivity contribution in [2.75, 3.05) is 49.1 Å². The zero-order valence-corrected chi connectivity index (χ0v) is 25.2. The monoisotopic (exact) mass is 599 g/mol. The molecule has 1 aliphatic carbocycles. The molecule has 1 atom stereocenters. The zero-order chi connectivity index (χ0) is 30.0. The third kappa shape index (κ3) is 5.99. The van der Waals surface area contributed by atoms with Crippen molar-refractivity contribution >= 4 is 40.3 Å². The van der Waals surface area contributed by atoms with Gasteiger partial charge in [-0.3, -0.25) is 24.5 Å². The molecule has 1 saturated carbocycles. The molecule has 12 nitrogen and oxygen atoms in total. The number of fused-ring (bicyclic) bond motifs is 1. The topological polar surface area (TPSA) is 129 Å². The highest BCUT2D eigenvalue weighted by Crippen LogP contribution is 2.33. The van der Waals surface area contributed by atoms with Gasteiger partial charge in [0.25, 0.3) is 5.91 Å². The lowest BCUT2D eigenvalue weighted by Crippen LogP contribution is -2.49. The van der Waals surface area contributed by atoms with Gasteiger partial charge in [-0.2, -0.15) is 5.10 Å². The molecular formula is C32H41N9O3. The summed E-state index contributed by atoms with van der Waals surface area (Å²) in [5.74, 6) is 1.07. The van der Waals surface area contributed by atoms with Crippen LogP contribution in [-0.2, 0) is 4.79 Å². The minimum Gasteiger partial charge on any atom is -0.355 e. The molecule has 1 unspecified atom stereocenters. The maximum absolute atomic E-state index is 12.6. The number of nitrogens with zero attached hydrogens (tertiary/aromatic N) is 7. The van der Waals surface area contributed by atoms with Gasteiger partial charge in [-0.25, -0.2) is 4.79 Å². The average Bonchev–Trinajstić information content (AvgIpc) is 3.70. The number of imide groups is 1. The number of likely N-dealkylation sites (tertiary alicyclic amines) is 1. The maximum atomic E-state index is 12.6. The lowest BCUT2D eigenvalue weighted by atomic mass is 9.95. The van der Waals surface area contributed by atoms with E-state index in [1.165, 1.54) is 19.3 Å². The van der Waals surface area contributed by atoms with Gasteiger partial charge in [0.15, 0.2) is 11.5 Å². The largest absolute Gasteiger partial charge is 0.355 e. The van der Waals surface area contributed by atoms with Gasteiger partial charge in [-0.05, 0) is 62.3 Å². The van der Waals surface area contributed by atoms with Gasteiger partial charge < -0.3 is 15.1 Å². The molecule has 2 N–H and O–H groups in total. The molecule has 3 saturated heterocycles. The van der Waals surface area contributed by atoms with Crippen LogP contribution >= 0.6 is 0 Å². The fourth-order valence-electron chi connectivity index (χ4n) is 7.40. The Labute approximate surface area is 257 Å². The summed E-state index contributed by atoms with van der Waals surface area (Å²) in [5.41, 5.74) is 2.22. The minimum absolute atomic E-state index is 0.116. The number of anilines is 2. The highest BCUT2D eigenvalue weighted by Gasteiger charge is 2.30. The SMILES string of the molecule is O=C1CCN(c2cccc3c2cnn3C2CCN(CC3CCN(c4ccc(C(=O)NC5CCCCC5)nn4)C3)CC2)C(=O)N1. The van der Waals surface area contributed by atoms with E-state index < -0.39 is 0 Å². The molecule has 7 rings (SSSR count). The second kappa shape index (κ2) is 12.5. The molecule has 3 aliphatic heterocycles. The molecule has 4 amide bonds. The van der Waals surface area contributed by atoms with Crippen LogP contribution in [0.5, 0.6) is 0 Å². The molecule has 3 aromatic rings. The highest BCUT2D eigenvalue weighted by molar-refractivity contribution is 6.09. The summed E-state index contributed by atoms with van der Waals surface area (Å²) in [5, 5.41) is 19.9. The normalized spacial score (nSPS) is 22.5. The number of hydrogen-bond acceptors (Lipinski definition) is 8. The Morgan fingerprint density at radius 1 is 0.932 bits per heavy atom. The minimum atomic E-state index is -0.374. The van der Waals surface area contributed by atoms with E-state index in [1.54, 1.807) is 4.90 Å². The Kier molecular flexibility index (Phi) is 8.16. The van der Waals surface area contributed by atoms with Crippen molar-refractivity contribution in [2.45, 2.75) is 69.9 Å². The summed E-state index contributed by atoms with van der Waals surface area (Å²) in [4.78, 5) is 43.2. The first-order valence-electron chi connectivity index (χ1n) is 16.2. The number of benzene rings is 1. The first kappa shape index (κ1) is 28.7. The van der Waals surface area contributed by atoms with Crippen LogP contribution in [0.4, 0.5) is 16.3 Å². The molecule has 0 spiro atoms. The lowest BCUT2D eigenvalue weighted by Gasteiger charge is -2.34. The van der Waals surface area contributed by atoms with Crippen molar-refractivity contribution in [3.8, 4) is 0 Å². The van der Waals surface area contributed by atoms with E-state index >= 15 is 0 Å². The predicted octanol–water partition coefficient (Wildman–Crippen LogP) is 3.50. The van der Waals surface area contributed by atoms with Crippen LogP contribution in [0.1, 0.15) is 74.3 Å². The fraction of sp³-hybridized carbons (Fsp3) is 0.562. The lowest BCUT2D eigenvalue weighted by molar-refractivity contribution is -0.120. The summed E-state index contributed by atoms with van der Waals surface area (Å²) in [6.07, 6.45) is 11.0. The molecule has 2 aromatic heterocycles. The van der Waals surface area contributed by atoms with E-state index in [9.17, 15) is 14.4 Å². The van der Waals surface area contributed by atoms with E-state index in [-0.39, 0.29) is 23.9 Å². The molecule has 44 heavy (non-hydrogen) atoms. The molecule has 12 heteroatoms. The van der Waals surface area contributed by atoms with E-state index in [0.717, 1.165) is 87.2 Å². The second-order valence-corrected chi connectivity index (χ2v) is 12.8. The van der Waals surface area contributed by atoms with Crippen LogP contribution in [0.25, 0.3) is 10.9 Å². The van der Waals surface area contributed by atoms with E-state index in [4.69, 9.17) is 5.10 Å². The van der Waals surface area contributed by atoms with Gasteiger partial charge in [-0.15, -0.1) is 10.2 Å². The van der Waals surface area contributed by atoms with Gasteiger partial charge >= 0.3 is 6.03 Å². The Bertz CT molecular complexity index is 1510. The third-order valence-corrected chi connectivity index (χ3v) is 9.82. The van der Waals surface area contributed by atoms with Gasteiger partial charge in [0, 0.05) is 57.1 Å². The third-order valence-electron chi connectivity index (χ3n) is 9.82. The first-order valence-corrected chi connectivity index (χ1v) is 16.2. The number of amides is 4. The average molecular weight is 600 g/mol. The van der Waals surface area contributed by atoms with Crippen molar-refractivity contribution in [3.63, 3.8) is 0 Å². The number of aromatic nitrogens is 4. The number of urea groups is 1. The molecule has 1 aromatic carbocycles. The van der Waals surface area contributed by atoms with Crippen LogP contribution in [0, 0.1) is 5.92 Å². The van der Waals surface area contributed by atoms with Gasteiger partial charge in [0.2, 0.25) is 5.91 Å². The highest BCUT2D eigenvalue weighted by atomic mass is 16.2. The Morgan fingerprint density at radius 2 is 1.77 bits per heavy atom. The molecule has 4 aliphatic rings. The van der Waals surface area contributed by atoms with Crippen LogP contribution in [-0.4, -0.2) is 88.0 Å². The Morgan fingerprint density at radius 3 is 2.55 bits per heavy atom. The van der Waals surface area contributed by atoms with Gasteiger partial charge in [-0.1, -0.05) is 25.3 Å². The number of hydrogen-bond donors (Lipinski definition) is 2. The number of piperidine rings is 1. The molecule has 232 valence electrons. The maximum Gasteiger partial charge on any atom is 0.328 e. The second-order valence-electron chi connectivity index (χ2n) is 12.8. The predicted molar refractivity (Wildman–Crippen MR) is 167 cm³/mol. The van der Waals surface area contributed by atoms with Crippen LogP contribution in [0.3, 0.4) is 0 Å². The first-order chi connectivity index (χ1) is 21.5. The van der Waals surface area contributed by atoms with Gasteiger partial charge in [0.1, 0.15) is 0 Å². The van der Waals surface area contributed by atoms with Crippen LogP contribution in [0.2, 0.25) is 0 Å². The van der Waals surface area contributed by atoms with E-state index in [0.29, 0.717) is 30.6 Å². The number of carbonyl (C=O) groups excluding carboxylic acids is 3. The van der Waals surface area contributed by atoms with Crippen molar-refractivity contribution < 1.29 is 14.4 Å². The number of rotatable bonds is 7. The summed E-state index contributed by atoms with van der Waals surface area (Å²) in [6, 6.07) is 9.89. The molecule has 5 heterocycles. The molecule has 4 fully saturated rings. The fourth-order valence-corrected chi connectivity index (χ4v) is 7.40.